The molecule has 0 aliphatic heterocycles. The molecule has 0 saturated carbocycles. The average molecular weight is 543 g/mol. The van der Waals surface area contributed by atoms with Crippen molar-refractivity contribution in [3.05, 3.63) is 163 Å². The summed E-state index contributed by atoms with van der Waals surface area (Å²) in [5, 5.41) is 2.57. The van der Waals surface area contributed by atoms with Crippen molar-refractivity contribution in [2.45, 2.75) is 26.2 Å². The van der Waals surface area contributed by atoms with E-state index in [1.807, 2.05) is 19.1 Å². The monoisotopic (exact) mass is 542 g/mol. The number of anilines is 2. The molecule has 0 fully saturated rings. The quantitative estimate of drug-likeness (QED) is 0.190. The molecule has 0 radical (unpaired) electrons. The SMILES string of the molecule is C\C=C/C=C\C=C\N(c1ccccc1)c1ccc2c(c1)C(C)(C)c1cccc(-n3c4ccccc4c4ccccc43)c1-2. The Morgan fingerprint density at radius 2 is 1.26 bits per heavy atom. The molecule has 0 atom stereocenters. The predicted octanol–water partition coefficient (Wildman–Crippen LogP) is 10.9. The fourth-order valence-electron chi connectivity index (χ4n) is 6.56. The molecule has 0 saturated heterocycles. The van der Waals surface area contributed by atoms with Gasteiger partial charge in [0.05, 0.1) is 16.7 Å². The highest BCUT2D eigenvalue weighted by molar-refractivity contribution is 6.10. The number of hydrogen-bond acceptors (Lipinski definition) is 1. The fourth-order valence-corrected chi connectivity index (χ4v) is 6.56. The van der Waals surface area contributed by atoms with Crippen LogP contribution in [0.5, 0.6) is 0 Å². The highest BCUT2D eigenvalue weighted by Gasteiger charge is 2.38. The molecular formula is C40H34N2. The van der Waals surface area contributed by atoms with Crippen LogP contribution in [-0.2, 0) is 5.41 Å². The predicted molar refractivity (Wildman–Crippen MR) is 180 cm³/mol. The van der Waals surface area contributed by atoms with Crippen LogP contribution in [0.25, 0.3) is 38.6 Å². The van der Waals surface area contributed by atoms with E-state index in [2.05, 4.69) is 163 Å². The second-order valence-electron chi connectivity index (χ2n) is 11.4. The maximum Gasteiger partial charge on any atom is 0.0543 e. The van der Waals surface area contributed by atoms with Gasteiger partial charge in [-0.3, -0.25) is 0 Å². The molecule has 204 valence electrons. The van der Waals surface area contributed by atoms with Gasteiger partial charge < -0.3 is 9.47 Å². The Bertz CT molecular complexity index is 1970. The molecule has 2 heteroatoms. The number of hydrogen-bond donors (Lipinski definition) is 0. The molecule has 0 N–H and O–H groups in total. The van der Waals surface area contributed by atoms with Crippen LogP contribution in [0.2, 0.25) is 0 Å². The molecule has 1 aliphatic rings. The number of para-hydroxylation sites is 3. The third-order valence-electron chi connectivity index (χ3n) is 8.56. The van der Waals surface area contributed by atoms with Crippen molar-refractivity contribution in [2.75, 3.05) is 4.90 Å². The molecule has 42 heavy (non-hydrogen) atoms. The summed E-state index contributed by atoms with van der Waals surface area (Å²) in [4.78, 5) is 2.27. The number of aromatic nitrogens is 1. The molecule has 7 rings (SSSR count). The maximum absolute atomic E-state index is 2.46. The molecule has 1 heterocycles. The lowest BCUT2D eigenvalue weighted by Gasteiger charge is -2.25. The van der Waals surface area contributed by atoms with Crippen LogP contribution in [0.15, 0.2) is 152 Å². The van der Waals surface area contributed by atoms with E-state index in [1.54, 1.807) is 0 Å². The van der Waals surface area contributed by atoms with Gasteiger partial charge in [-0.25, -0.2) is 0 Å². The zero-order valence-electron chi connectivity index (χ0n) is 24.3. The smallest absolute Gasteiger partial charge is 0.0543 e. The topological polar surface area (TPSA) is 8.17 Å². The zero-order valence-corrected chi connectivity index (χ0v) is 24.3. The summed E-state index contributed by atoms with van der Waals surface area (Å²) in [6, 6.07) is 41.9. The van der Waals surface area contributed by atoms with E-state index in [4.69, 9.17) is 0 Å². The summed E-state index contributed by atoms with van der Waals surface area (Å²) in [6.07, 6.45) is 12.4. The van der Waals surface area contributed by atoms with E-state index < -0.39 is 0 Å². The van der Waals surface area contributed by atoms with Crippen molar-refractivity contribution in [3.63, 3.8) is 0 Å². The number of nitrogens with zero attached hydrogens (tertiary/aromatic N) is 2. The molecule has 0 spiro atoms. The largest absolute Gasteiger partial charge is 0.317 e. The summed E-state index contributed by atoms with van der Waals surface area (Å²) in [6.45, 7) is 6.75. The van der Waals surface area contributed by atoms with Crippen molar-refractivity contribution in [2.24, 2.45) is 0 Å². The number of benzene rings is 5. The van der Waals surface area contributed by atoms with E-state index >= 15 is 0 Å². The summed E-state index contributed by atoms with van der Waals surface area (Å²) >= 11 is 0. The molecule has 1 aromatic heterocycles. The van der Waals surface area contributed by atoms with E-state index in [-0.39, 0.29) is 5.41 Å². The molecule has 1 aliphatic carbocycles. The first-order valence-electron chi connectivity index (χ1n) is 14.7. The minimum atomic E-state index is -0.145. The lowest BCUT2D eigenvalue weighted by Crippen LogP contribution is -2.16. The van der Waals surface area contributed by atoms with Crippen LogP contribution in [0, 0.1) is 0 Å². The van der Waals surface area contributed by atoms with E-state index in [0.717, 1.165) is 11.4 Å². The lowest BCUT2D eigenvalue weighted by molar-refractivity contribution is 0.660. The molecule has 2 nitrogen and oxygen atoms in total. The number of allylic oxidation sites excluding steroid dienone is 5. The standard InChI is InChI=1S/C40H34N2/c1-4-5-6-7-15-27-41(29-17-9-8-10-18-29)30-25-26-33-35(28-30)40(2,3)34-21-16-24-38(39(33)34)42-36-22-13-11-19-31(36)32-20-12-14-23-37(32)42/h4-28H,1-3H3/b5-4-,7-6-,27-15+. The van der Waals surface area contributed by atoms with Crippen LogP contribution in [0.4, 0.5) is 11.4 Å². The molecule has 0 amide bonds. The third kappa shape index (κ3) is 4.11. The van der Waals surface area contributed by atoms with Gasteiger partial charge in [0.25, 0.3) is 0 Å². The molecule has 0 bridgehead atoms. The van der Waals surface area contributed by atoms with Gasteiger partial charge in [-0.05, 0) is 72.2 Å². The zero-order chi connectivity index (χ0) is 28.7. The second-order valence-corrected chi connectivity index (χ2v) is 11.4. The Morgan fingerprint density at radius 3 is 1.98 bits per heavy atom. The van der Waals surface area contributed by atoms with Crippen molar-refractivity contribution in [3.8, 4) is 16.8 Å². The molecular weight excluding hydrogens is 508 g/mol. The van der Waals surface area contributed by atoms with Crippen molar-refractivity contribution < 1.29 is 0 Å². The third-order valence-corrected chi connectivity index (χ3v) is 8.56. The molecule has 5 aromatic carbocycles. The molecule has 0 unspecified atom stereocenters. The van der Waals surface area contributed by atoms with Crippen LogP contribution < -0.4 is 4.90 Å². The minimum absolute atomic E-state index is 0.145. The first kappa shape index (κ1) is 25.9. The van der Waals surface area contributed by atoms with Gasteiger partial charge >= 0.3 is 0 Å². The highest BCUT2D eigenvalue weighted by atomic mass is 15.1. The van der Waals surface area contributed by atoms with Gasteiger partial charge in [-0.1, -0.05) is 111 Å². The van der Waals surface area contributed by atoms with Gasteiger partial charge in [-0.15, -0.1) is 0 Å². The van der Waals surface area contributed by atoms with Crippen molar-refractivity contribution in [1.82, 2.24) is 4.57 Å². The van der Waals surface area contributed by atoms with Gasteiger partial charge in [-0.2, -0.15) is 0 Å². The number of rotatable bonds is 6. The fraction of sp³-hybridized carbons (Fsp3) is 0.100. The number of fused-ring (bicyclic) bond motifs is 6. The Labute approximate surface area is 248 Å². The lowest BCUT2D eigenvalue weighted by atomic mass is 9.82. The Kier molecular flexibility index (Phi) is 6.40. The second kappa shape index (κ2) is 10.4. The highest BCUT2D eigenvalue weighted by Crippen LogP contribution is 2.52. The van der Waals surface area contributed by atoms with Gasteiger partial charge in [0.1, 0.15) is 0 Å². The van der Waals surface area contributed by atoms with Crippen molar-refractivity contribution in [1.29, 1.82) is 0 Å². The summed E-state index contributed by atoms with van der Waals surface area (Å²) < 4.78 is 2.46. The van der Waals surface area contributed by atoms with Gasteiger partial charge in [0.2, 0.25) is 0 Å². The Hall–Kier alpha value is -5.08. The van der Waals surface area contributed by atoms with Crippen LogP contribution in [0.1, 0.15) is 31.9 Å². The minimum Gasteiger partial charge on any atom is -0.317 e. The van der Waals surface area contributed by atoms with E-state index in [0.29, 0.717) is 0 Å². The van der Waals surface area contributed by atoms with Gasteiger partial charge in [0, 0.05) is 39.3 Å². The van der Waals surface area contributed by atoms with Crippen LogP contribution >= 0.6 is 0 Å². The van der Waals surface area contributed by atoms with Crippen molar-refractivity contribution >= 4 is 33.2 Å². The summed E-state index contributed by atoms with van der Waals surface area (Å²) in [5.74, 6) is 0. The van der Waals surface area contributed by atoms with Crippen LogP contribution in [0.3, 0.4) is 0 Å². The van der Waals surface area contributed by atoms with E-state index in [9.17, 15) is 0 Å². The first-order chi connectivity index (χ1) is 20.6. The Balaban J connectivity index is 1.42. The average Bonchev–Trinajstić information content (AvgIpc) is 3.48. The van der Waals surface area contributed by atoms with Gasteiger partial charge in [0.15, 0.2) is 0 Å². The van der Waals surface area contributed by atoms with Crippen LogP contribution in [-0.4, -0.2) is 4.57 Å². The Morgan fingerprint density at radius 1 is 0.595 bits per heavy atom. The summed E-state index contributed by atoms with van der Waals surface area (Å²) in [5.41, 5.74) is 11.2. The maximum atomic E-state index is 2.46. The van der Waals surface area contributed by atoms with E-state index in [1.165, 1.54) is 49.7 Å². The summed E-state index contributed by atoms with van der Waals surface area (Å²) in [7, 11) is 0. The molecule has 6 aromatic rings. The first-order valence-corrected chi connectivity index (χ1v) is 14.7. The normalized spacial score (nSPS) is 14.0.